The molecule has 2 aliphatic rings. The van der Waals surface area contributed by atoms with Crippen LogP contribution in [0.3, 0.4) is 0 Å². The van der Waals surface area contributed by atoms with Crippen molar-refractivity contribution in [2.24, 2.45) is 0 Å². The van der Waals surface area contributed by atoms with Crippen LogP contribution in [0.15, 0.2) is 30.3 Å². The van der Waals surface area contributed by atoms with Crippen molar-refractivity contribution in [1.29, 1.82) is 0 Å². The van der Waals surface area contributed by atoms with Crippen LogP contribution < -0.4 is 5.32 Å². The second-order valence-corrected chi connectivity index (χ2v) is 5.61. The van der Waals surface area contributed by atoms with Gasteiger partial charge in [-0.25, -0.2) is 0 Å². The average Bonchev–Trinajstić information content (AvgIpc) is 2.89. The molecule has 2 aliphatic heterocycles. The van der Waals surface area contributed by atoms with E-state index >= 15 is 0 Å². The fourth-order valence-corrected chi connectivity index (χ4v) is 2.83. The van der Waals surface area contributed by atoms with E-state index in [1.54, 1.807) is 0 Å². The zero-order valence-corrected chi connectivity index (χ0v) is 12.0. The molecule has 20 heavy (non-hydrogen) atoms. The highest BCUT2D eigenvalue weighted by molar-refractivity contribution is 5.18. The van der Waals surface area contributed by atoms with Crippen LogP contribution in [-0.4, -0.2) is 38.3 Å². The molecule has 2 fully saturated rings. The fraction of sp³-hybridized carbons (Fsp3) is 0.625. The van der Waals surface area contributed by atoms with Gasteiger partial charge in [0.25, 0.3) is 0 Å². The van der Waals surface area contributed by atoms with Crippen LogP contribution in [0.1, 0.15) is 31.4 Å². The Bertz CT molecular complexity index is 417. The van der Waals surface area contributed by atoms with Gasteiger partial charge >= 0.3 is 0 Å². The van der Waals surface area contributed by atoms with Crippen LogP contribution in [0.4, 0.5) is 0 Å². The predicted octanol–water partition coefficient (Wildman–Crippen LogP) is 2.26. The van der Waals surface area contributed by atoms with Crippen molar-refractivity contribution >= 4 is 0 Å². The monoisotopic (exact) mass is 277 g/mol. The SMILES string of the molecule is C[C@H](NC[C@@H]1COC2(CCOCC2)O1)c1ccccc1. The minimum atomic E-state index is -0.374. The van der Waals surface area contributed by atoms with Gasteiger partial charge in [-0.1, -0.05) is 30.3 Å². The third-order valence-electron chi connectivity index (χ3n) is 4.12. The molecule has 0 amide bonds. The van der Waals surface area contributed by atoms with E-state index in [9.17, 15) is 0 Å². The molecule has 0 bridgehead atoms. The van der Waals surface area contributed by atoms with Crippen molar-refractivity contribution in [2.45, 2.75) is 37.7 Å². The summed E-state index contributed by atoms with van der Waals surface area (Å²) in [6.07, 6.45) is 1.83. The first-order valence-electron chi connectivity index (χ1n) is 7.45. The molecule has 4 heteroatoms. The van der Waals surface area contributed by atoms with Gasteiger partial charge in [-0.3, -0.25) is 0 Å². The van der Waals surface area contributed by atoms with Crippen LogP contribution in [0.25, 0.3) is 0 Å². The van der Waals surface area contributed by atoms with Gasteiger partial charge in [0, 0.05) is 25.4 Å². The molecule has 1 aromatic rings. The first-order chi connectivity index (χ1) is 9.77. The Hall–Kier alpha value is -0.940. The second-order valence-electron chi connectivity index (χ2n) is 5.61. The Balaban J connectivity index is 1.48. The van der Waals surface area contributed by atoms with E-state index in [0.29, 0.717) is 12.6 Å². The lowest BCUT2D eigenvalue weighted by Gasteiger charge is -2.31. The average molecular weight is 277 g/mol. The van der Waals surface area contributed by atoms with Crippen LogP contribution in [0, 0.1) is 0 Å². The lowest BCUT2D eigenvalue weighted by Crippen LogP contribution is -2.39. The molecule has 2 heterocycles. The highest BCUT2D eigenvalue weighted by Gasteiger charge is 2.42. The molecular formula is C16H23NO3. The summed E-state index contributed by atoms with van der Waals surface area (Å²) in [4.78, 5) is 0. The molecule has 0 saturated carbocycles. The fourth-order valence-electron chi connectivity index (χ4n) is 2.83. The molecule has 1 aromatic carbocycles. The van der Waals surface area contributed by atoms with E-state index in [0.717, 1.165) is 32.6 Å². The number of ether oxygens (including phenoxy) is 3. The van der Waals surface area contributed by atoms with E-state index in [1.165, 1.54) is 5.56 Å². The first-order valence-corrected chi connectivity index (χ1v) is 7.45. The Labute approximate surface area is 120 Å². The van der Waals surface area contributed by atoms with Gasteiger partial charge in [0.1, 0.15) is 0 Å². The lowest BCUT2D eigenvalue weighted by atomic mass is 10.1. The maximum absolute atomic E-state index is 6.11. The van der Waals surface area contributed by atoms with E-state index in [4.69, 9.17) is 14.2 Å². The van der Waals surface area contributed by atoms with Gasteiger partial charge in [-0.15, -0.1) is 0 Å². The lowest BCUT2D eigenvalue weighted by molar-refractivity contribution is -0.210. The smallest absolute Gasteiger partial charge is 0.173 e. The molecule has 0 radical (unpaired) electrons. The number of rotatable bonds is 4. The largest absolute Gasteiger partial charge is 0.381 e. The Morgan fingerprint density at radius 2 is 2.00 bits per heavy atom. The van der Waals surface area contributed by atoms with Gasteiger partial charge in [0.05, 0.1) is 25.9 Å². The third kappa shape index (κ3) is 3.20. The molecule has 0 aromatic heterocycles. The van der Waals surface area contributed by atoms with E-state index in [2.05, 4.69) is 36.5 Å². The summed E-state index contributed by atoms with van der Waals surface area (Å²) in [6, 6.07) is 10.8. The molecule has 110 valence electrons. The van der Waals surface area contributed by atoms with Crippen molar-refractivity contribution in [3.63, 3.8) is 0 Å². The zero-order valence-electron chi connectivity index (χ0n) is 12.0. The number of benzene rings is 1. The Morgan fingerprint density at radius 3 is 2.75 bits per heavy atom. The standard InChI is InChI=1S/C16H23NO3/c1-13(14-5-3-2-4-6-14)17-11-15-12-19-16(20-15)7-9-18-10-8-16/h2-6,13,15,17H,7-12H2,1H3/t13-,15+/m0/s1. The molecule has 0 aliphatic carbocycles. The van der Waals surface area contributed by atoms with Crippen molar-refractivity contribution < 1.29 is 14.2 Å². The molecule has 1 spiro atoms. The molecule has 1 N–H and O–H groups in total. The number of nitrogens with one attached hydrogen (secondary N) is 1. The van der Waals surface area contributed by atoms with Gasteiger partial charge in [0.15, 0.2) is 5.79 Å². The first kappa shape index (κ1) is 14.0. The van der Waals surface area contributed by atoms with Crippen molar-refractivity contribution in [3.8, 4) is 0 Å². The summed E-state index contributed by atoms with van der Waals surface area (Å²) in [7, 11) is 0. The maximum atomic E-state index is 6.11. The number of hydrogen-bond donors (Lipinski definition) is 1. The minimum absolute atomic E-state index is 0.138. The second kappa shape index (κ2) is 6.22. The Kier molecular flexibility index (Phi) is 4.36. The van der Waals surface area contributed by atoms with Gasteiger partial charge in [0.2, 0.25) is 0 Å². The van der Waals surface area contributed by atoms with Crippen molar-refractivity contribution in [3.05, 3.63) is 35.9 Å². The normalized spacial score (nSPS) is 26.8. The van der Waals surface area contributed by atoms with E-state index < -0.39 is 0 Å². The molecule has 3 rings (SSSR count). The molecule has 2 atom stereocenters. The zero-order chi connectivity index (χ0) is 13.8. The summed E-state index contributed by atoms with van der Waals surface area (Å²) in [5.41, 5.74) is 1.30. The van der Waals surface area contributed by atoms with Gasteiger partial charge in [-0.2, -0.15) is 0 Å². The maximum Gasteiger partial charge on any atom is 0.173 e. The van der Waals surface area contributed by atoms with Crippen molar-refractivity contribution in [2.75, 3.05) is 26.4 Å². The minimum Gasteiger partial charge on any atom is -0.381 e. The summed E-state index contributed by atoms with van der Waals surface area (Å²) < 4.78 is 17.4. The van der Waals surface area contributed by atoms with E-state index in [-0.39, 0.29) is 11.9 Å². The Morgan fingerprint density at radius 1 is 1.25 bits per heavy atom. The summed E-state index contributed by atoms with van der Waals surface area (Å²) in [6.45, 7) is 5.14. The highest BCUT2D eigenvalue weighted by Crippen LogP contribution is 2.33. The molecule has 0 unspecified atom stereocenters. The predicted molar refractivity (Wildman–Crippen MR) is 76.5 cm³/mol. The quantitative estimate of drug-likeness (QED) is 0.916. The van der Waals surface area contributed by atoms with Gasteiger partial charge in [-0.05, 0) is 12.5 Å². The van der Waals surface area contributed by atoms with Crippen LogP contribution in [0.5, 0.6) is 0 Å². The summed E-state index contributed by atoms with van der Waals surface area (Å²) >= 11 is 0. The molecular weight excluding hydrogens is 254 g/mol. The van der Waals surface area contributed by atoms with Crippen LogP contribution >= 0.6 is 0 Å². The summed E-state index contributed by atoms with van der Waals surface area (Å²) in [5, 5.41) is 3.53. The van der Waals surface area contributed by atoms with Crippen LogP contribution in [-0.2, 0) is 14.2 Å². The highest BCUT2D eigenvalue weighted by atomic mass is 16.7. The molecule has 2 saturated heterocycles. The third-order valence-corrected chi connectivity index (χ3v) is 4.12. The van der Waals surface area contributed by atoms with Gasteiger partial charge < -0.3 is 19.5 Å². The van der Waals surface area contributed by atoms with Crippen LogP contribution in [0.2, 0.25) is 0 Å². The van der Waals surface area contributed by atoms with Crippen molar-refractivity contribution in [1.82, 2.24) is 5.32 Å². The molecule has 4 nitrogen and oxygen atoms in total. The van der Waals surface area contributed by atoms with E-state index in [1.807, 2.05) is 6.07 Å². The number of hydrogen-bond acceptors (Lipinski definition) is 4. The summed E-state index contributed by atoms with van der Waals surface area (Å²) in [5.74, 6) is -0.374. The topological polar surface area (TPSA) is 39.7 Å².